The molecule has 2 aromatic rings. The number of hydrogen-bond acceptors (Lipinski definition) is 4. The topological polar surface area (TPSA) is 36.9 Å². The van der Waals surface area contributed by atoms with Crippen molar-refractivity contribution in [2.75, 3.05) is 13.2 Å². The summed E-state index contributed by atoms with van der Waals surface area (Å²) in [6.07, 6.45) is -4.58. The second-order valence-electron chi connectivity index (χ2n) is 8.44. The largest absolute Gasteiger partial charge is 0.453 e. The second kappa shape index (κ2) is 12.6. The molecule has 0 aliphatic carbocycles. The van der Waals surface area contributed by atoms with E-state index in [9.17, 15) is 35.1 Å². The average molecular weight is 540 g/mol. The molecule has 0 amide bonds. The molecular weight excluding hydrogens is 516 g/mol. The van der Waals surface area contributed by atoms with E-state index >= 15 is 0 Å². The van der Waals surface area contributed by atoms with Crippen molar-refractivity contribution in [3.63, 3.8) is 0 Å². The van der Waals surface area contributed by atoms with Crippen LogP contribution in [0.25, 0.3) is 0 Å². The lowest BCUT2D eigenvalue weighted by atomic mass is 10.0. The fraction of sp³-hybridized carbons (Fsp3) is 0.440. The van der Waals surface area contributed by atoms with Gasteiger partial charge in [-0.1, -0.05) is 19.8 Å². The van der Waals surface area contributed by atoms with E-state index in [2.05, 4.69) is 16.4 Å². The van der Waals surface area contributed by atoms with Gasteiger partial charge < -0.3 is 18.9 Å². The molecule has 0 saturated carbocycles. The van der Waals surface area contributed by atoms with Crippen molar-refractivity contribution in [3.05, 3.63) is 71.0 Å². The van der Waals surface area contributed by atoms with Gasteiger partial charge in [0.15, 0.2) is 29.9 Å². The molecule has 1 aliphatic heterocycles. The first kappa shape index (κ1) is 28.7. The summed E-state index contributed by atoms with van der Waals surface area (Å²) in [4.78, 5) is 0. The van der Waals surface area contributed by atoms with Crippen LogP contribution in [0.5, 0.6) is 11.5 Å². The van der Waals surface area contributed by atoms with E-state index < -0.39 is 58.8 Å². The average Bonchev–Trinajstić information content (AvgIpc) is 2.80. The predicted molar refractivity (Wildman–Crippen MR) is 115 cm³/mol. The van der Waals surface area contributed by atoms with Crippen LogP contribution in [0.1, 0.15) is 43.7 Å². The summed E-state index contributed by atoms with van der Waals surface area (Å²) in [5, 5.41) is 0. The molecule has 0 bridgehead atoms. The van der Waals surface area contributed by atoms with Crippen LogP contribution in [0.15, 0.2) is 36.6 Å². The summed E-state index contributed by atoms with van der Waals surface area (Å²) in [6.45, 7) is 3.06. The van der Waals surface area contributed by atoms with Crippen LogP contribution in [0.2, 0.25) is 0 Å². The maximum atomic E-state index is 14.6. The van der Waals surface area contributed by atoms with E-state index in [-0.39, 0.29) is 42.7 Å². The van der Waals surface area contributed by atoms with Crippen LogP contribution < -0.4 is 9.47 Å². The first-order chi connectivity index (χ1) is 17.5. The SMILES string of the molecule is CCCCC1COC(CCc2cc(F)c(C(F)(F)Oc3cc(F)c(OC=C(F)F)c(F)c3)c(F)c2)OC1. The van der Waals surface area contributed by atoms with Crippen molar-refractivity contribution in [2.24, 2.45) is 5.92 Å². The molecule has 0 atom stereocenters. The van der Waals surface area contributed by atoms with Gasteiger partial charge in [-0.15, -0.1) is 0 Å². The van der Waals surface area contributed by atoms with Crippen LogP contribution in [-0.2, 0) is 22.0 Å². The Labute approximate surface area is 207 Å². The fourth-order valence-corrected chi connectivity index (χ4v) is 3.75. The summed E-state index contributed by atoms with van der Waals surface area (Å²) < 4.78 is 130. The highest BCUT2D eigenvalue weighted by Gasteiger charge is 2.41. The van der Waals surface area contributed by atoms with E-state index in [0.717, 1.165) is 19.3 Å². The smallest absolute Gasteiger partial charge is 0.432 e. The number of benzene rings is 2. The highest BCUT2D eigenvalue weighted by atomic mass is 19.3. The molecule has 0 N–H and O–H groups in total. The molecule has 1 heterocycles. The summed E-state index contributed by atoms with van der Waals surface area (Å²) in [5.74, 6) is -8.82. The predicted octanol–water partition coefficient (Wildman–Crippen LogP) is 7.60. The van der Waals surface area contributed by atoms with Crippen molar-refractivity contribution < 1.29 is 54.1 Å². The van der Waals surface area contributed by atoms with Gasteiger partial charge in [0.2, 0.25) is 0 Å². The van der Waals surface area contributed by atoms with Gasteiger partial charge in [-0.25, -0.2) is 17.6 Å². The number of ether oxygens (including phenoxy) is 4. The third kappa shape index (κ3) is 7.81. The standard InChI is InChI=1S/C25H24F8O4/c1-2-3-4-15-11-34-22(35-12-15)6-5-14-7-17(26)23(18(27)8-14)25(32,33)37-16-9-19(28)24(20(29)10-16)36-13-21(30)31/h7-10,13,15,22H,2-6,11-12H2,1H3. The van der Waals surface area contributed by atoms with E-state index in [1.807, 2.05) is 0 Å². The summed E-state index contributed by atoms with van der Waals surface area (Å²) in [7, 11) is 0. The Balaban J connectivity index is 1.66. The fourth-order valence-electron chi connectivity index (χ4n) is 3.75. The lowest BCUT2D eigenvalue weighted by molar-refractivity contribution is -0.203. The van der Waals surface area contributed by atoms with Gasteiger partial charge in [0.05, 0.1) is 13.2 Å². The molecule has 0 radical (unpaired) electrons. The zero-order valence-electron chi connectivity index (χ0n) is 19.6. The van der Waals surface area contributed by atoms with Crippen molar-refractivity contribution >= 4 is 0 Å². The number of alkyl halides is 2. The molecule has 12 heteroatoms. The molecule has 1 fully saturated rings. The second-order valence-corrected chi connectivity index (χ2v) is 8.44. The van der Waals surface area contributed by atoms with Crippen molar-refractivity contribution in [3.8, 4) is 11.5 Å². The number of aryl methyl sites for hydroxylation is 1. The van der Waals surface area contributed by atoms with Gasteiger partial charge in [-0.2, -0.15) is 17.6 Å². The van der Waals surface area contributed by atoms with Gasteiger partial charge in [-0.3, -0.25) is 0 Å². The first-order valence-corrected chi connectivity index (χ1v) is 11.5. The van der Waals surface area contributed by atoms with Crippen LogP contribution >= 0.6 is 0 Å². The molecular formula is C25H24F8O4. The lowest BCUT2D eigenvalue weighted by Gasteiger charge is -2.29. The van der Waals surface area contributed by atoms with Crippen LogP contribution in [0.4, 0.5) is 35.1 Å². The van der Waals surface area contributed by atoms with Crippen molar-refractivity contribution in [1.82, 2.24) is 0 Å². The van der Waals surface area contributed by atoms with Gasteiger partial charge in [0.25, 0.3) is 0 Å². The van der Waals surface area contributed by atoms with Crippen LogP contribution in [0, 0.1) is 29.2 Å². The van der Waals surface area contributed by atoms with Crippen molar-refractivity contribution in [1.29, 1.82) is 0 Å². The Morgan fingerprint density at radius 2 is 1.54 bits per heavy atom. The highest BCUT2D eigenvalue weighted by Crippen LogP contribution is 2.37. The number of halogens is 8. The van der Waals surface area contributed by atoms with Crippen LogP contribution in [0.3, 0.4) is 0 Å². The maximum Gasteiger partial charge on any atom is 0.432 e. The van der Waals surface area contributed by atoms with Crippen LogP contribution in [-0.4, -0.2) is 19.5 Å². The molecule has 3 rings (SSSR count). The Kier molecular flexibility index (Phi) is 9.77. The zero-order chi connectivity index (χ0) is 27.2. The Bertz CT molecular complexity index is 1050. The molecule has 1 aliphatic rings. The zero-order valence-corrected chi connectivity index (χ0v) is 19.6. The van der Waals surface area contributed by atoms with E-state index in [1.54, 1.807) is 0 Å². The molecule has 2 aromatic carbocycles. The van der Waals surface area contributed by atoms with Gasteiger partial charge >= 0.3 is 12.2 Å². The Hall–Kier alpha value is -2.86. The number of rotatable bonds is 11. The first-order valence-electron chi connectivity index (χ1n) is 11.5. The quantitative estimate of drug-likeness (QED) is 0.217. The molecule has 4 nitrogen and oxygen atoms in total. The normalized spacial score (nSPS) is 18.0. The Morgan fingerprint density at radius 1 is 0.946 bits per heavy atom. The minimum atomic E-state index is -4.68. The van der Waals surface area contributed by atoms with Gasteiger partial charge in [0.1, 0.15) is 22.9 Å². The van der Waals surface area contributed by atoms with Gasteiger partial charge in [0, 0.05) is 24.5 Å². The van der Waals surface area contributed by atoms with E-state index in [0.29, 0.717) is 25.3 Å². The summed E-state index contributed by atoms with van der Waals surface area (Å²) >= 11 is 0. The monoisotopic (exact) mass is 540 g/mol. The molecule has 0 spiro atoms. The summed E-state index contributed by atoms with van der Waals surface area (Å²) in [6, 6.07) is 1.77. The molecule has 204 valence electrons. The third-order valence-electron chi connectivity index (χ3n) is 5.55. The summed E-state index contributed by atoms with van der Waals surface area (Å²) in [5.41, 5.74) is -1.72. The molecule has 1 saturated heterocycles. The third-order valence-corrected chi connectivity index (χ3v) is 5.55. The number of hydrogen-bond donors (Lipinski definition) is 0. The van der Waals surface area contributed by atoms with Gasteiger partial charge in [-0.05, 0) is 30.5 Å². The highest BCUT2D eigenvalue weighted by molar-refractivity contribution is 5.36. The molecule has 37 heavy (non-hydrogen) atoms. The maximum absolute atomic E-state index is 14.6. The molecule has 0 aromatic heterocycles. The minimum absolute atomic E-state index is 0.0570. The Morgan fingerprint density at radius 3 is 2.08 bits per heavy atom. The number of unbranched alkanes of at least 4 members (excludes halogenated alkanes) is 1. The minimum Gasteiger partial charge on any atom is -0.453 e. The van der Waals surface area contributed by atoms with E-state index in [4.69, 9.17) is 9.47 Å². The van der Waals surface area contributed by atoms with E-state index in [1.165, 1.54) is 0 Å². The lowest BCUT2D eigenvalue weighted by Crippen LogP contribution is -2.32. The molecule has 0 unspecified atom stereocenters. The van der Waals surface area contributed by atoms with Crippen molar-refractivity contribution in [2.45, 2.75) is 51.4 Å².